The van der Waals surface area contributed by atoms with Gasteiger partial charge in [-0.3, -0.25) is 4.79 Å². The van der Waals surface area contributed by atoms with Crippen LogP contribution in [0.2, 0.25) is 0 Å². The van der Waals surface area contributed by atoms with Crippen molar-refractivity contribution in [1.29, 1.82) is 0 Å². The molecule has 30 heavy (non-hydrogen) atoms. The number of carbonyl (C=O) groups excluding carboxylic acids is 1. The molecule has 0 spiro atoms. The number of fused-ring (bicyclic) bond motifs is 3. The quantitative estimate of drug-likeness (QED) is 0.464. The van der Waals surface area contributed by atoms with E-state index in [1.54, 1.807) is 18.2 Å². The van der Waals surface area contributed by atoms with E-state index in [0.29, 0.717) is 11.1 Å². The van der Waals surface area contributed by atoms with Gasteiger partial charge in [-0.05, 0) is 67.3 Å². The van der Waals surface area contributed by atoms with Gasteiger partial charge in [0.2, 0.25) is 0 Å². The number of aromatic carboxylic acids is 1. The molecule has 0 amide bonds. The van der Waals surface area contributed by atoms with Crippen molar-refractivity contribution in [2.45, 2.75) is 25.4 Å². The molecule has 2 heterocycles. The summed E-state index contributed by atoms with van der Waals surface area (Å²) in [6.07, 6.45) is 3.34. The second-order valence-electron chi connectivity index (χ2n) is 7.69. The number of ketones is 1. The first-order valence-electron chi connectivity index (χ1n) is 10.0. The van der Waals surface area contributed by atoms with E-state index in [1.165, 1.54) is 17.7 Å². The lowest BCUT2D eigenvalue weighted by atomic mass is 9.99. The summed E-state index contributed by atoms with van der Waals surface area (Å²) >= 11 is 0. The molecule has 1 fully saturated rings. The van der Waals surface area contributed by atoms with E-state index in [-0.39, 0.29) is 17.5 Å². The molecule has 1 aromatic heterocycles. The average molecular weight is 400 g/mol. The minimum absolute atomic E-state index is 0.154. The molecule has 1 aliphatic rings. The lowest BCUT2D eigenvalue weighted by molar-refractivity contribution is 0.0696. The van der Waals surface area contributed by atoms with Gasteiger partial charge >= 0.3 is 5.97 Å². The molecule has 1 aliphatic heterocycles. The third kappa shape index (κ3) is 3.37. The van der Waals surface area contributed by atoms with E-state index >= 15 is 0 Å². The predicted molar refractivity (Wildman–Crippen MR) is 113 cm³/mol. The van der Waals surface area contributed by atoms with Crippen LogP contribution in [0.3, 0.4) is 0 Å². The number of rotatable bonds is 5. The van der Waals surface area contributed by atoms with Gasteiger partial charge < -0.3 is 14.3 Å². The fourth-order valence-electron chi connectivity index (χ4n) is 4.09. The van der Waals surface area contributed by atoms with Crippen LogP contribution in [0.15, 0.2) is 65.1 Å². The van der Waals surface area contributed by atoms with Gasteiger partial charge in [0.15, 0.2) is 5.78 Å². The third-order valence-electron chi connectivity index (χ3n) is 5.68. The van der Waals surface area contributed by atoms with E-state index < -0.39 is 5.97 Å². The number of benzene rings is 3. The molecule has 5 heteroatoms. The molecule has 0 aliphatic carbocycles. The van der Waals surface area contributed by atoms with E-state index in [0.717, 1.165) is 47.8 Å². The molecular weight excluding hydrogens is 380 g/mol. The van der Waals surface area contributed by atoms with E-state index in [9.17, 15) is 9.59 Å². The Balaban J connectivity index is 1.50. The van der Waals surface area contributed by atoms with Gasteiger partial charge in [-0.1, -0.05) is 18.2 Å². The maximum atomic E-state index is 12.9. The van der Waals surface area contributed by atoms with Gasteiger partial charge in [-0.15, -0.1) is 0 Å². The number of carbonyl (C=O) groups is 2. The van der Waals surface area contributed by atoms with Crippen LogP contribution in [0, 0.1) is 0 Å². The zero-order chi connectivity index (χ0) is 20.7. The van der Waals surface area contributed by atoms with E-state index in [2.05, 4.69) is 12.1 Å². The van der Waals surface area contributed by atoms with Crippen LogP contribution in [0.4, 0.5) is 0 Å². The van der Waals surface area contributed by atoms with Crippen molar-refractivity contribution in [1.82, 2.24) is 0 Å². The van der Waals surface area contributed by atoms with Crippen LogP contribution >= 0.6 is 0 Å². The van der Waals surface area contributed by atoms with Crippen molar-refractivity contribution in [2.24, 2.45) is 0 Å². The molecule has 0 bridgehead atoms. The van der Waals surface area contributed by atoms with Crippen LogP contribution < -0.4 is 0 Å². The molecule has 1 saturated heterocycles. The number of hydrogen-bond acceptors (Lipinski definition) is 4. The minimum Gasteiger partial charge on any atom is -0.478 e. The highest BCUT2D eigenvalue weighted by Gasteiger charge is 2.18. The summed E-state index contributed by atoms with van der Waals surface area (Å²) in [5, 5.41) is 10.9. The van der Waals surface area contributed by atoms with Crippen molar-refractivity contribution >= 4 is 33.7 Å². The Bertz CT molecular complexity index is 1260. The van der Waals surface area contributed by atoms with Crippen LogP contribution in [-0.4, -0.2) is 29.6 Å². The summed E-state index contributed by atoms with van der Waals surface area (Å²) in [6, 6.07) is 17.6. The summed E-state index contributed by atoms with van der Waals surface area (Å²) in [5.74, 6) is -1.17. The Labute approximate surface area is 172 Å². The second kappa shape index (κ2) is 7.43. The highest BCUT2D eigenvalue weighted by atomic mass is 16.5. The van der Waals surface area contributed by atoms with Crippen molar-refractivity contribution in [3.8, 4) is 0 Å². The Morgan fingerprint density at radius 1 is 0.867 bits per heavy atom. The molecule has 0 radical (unpaired) electrons. The molecular formula is C25H20O5. The lowest BCUT2D eigenvalue weighted by Gasteiger charge is -2.09. The fourth-order valence-corrected chi connectivity index (χ4v) is 4.09. The first kappa shape index (κ1) is 18.6. The van der Waals surface area contributed by atoms with Crippen LogP contribution in [-0.2, 0) is 11.2 Å². The molecule has 1 atom stereocenters. The SMILES string of the molecule is O=C(O)c1ccc(C(=O)c2ccc3oc4ccc(CC5CCCO5)cc4c3c2)cc1. The fraction of sp³-hybridized carbons (Fsp3) is 0.200. The Hall–Kier alpha value is -3.44. The Kier molecular flexibility index (Phi) is 4.60. The topological polar surface area (TPSA) is 76.7 Å². The Morgan fingerprint density at radius 2 is 1.53 bits per heavy atom. The van der Waals surface area contributed by atoms with Gasteiger partial charge in [0, 0.05) is 28.5 Å². The number of carboxylic acids is 1. The molecule has 1 N–H and O–H groups in total. The van der Waals surface area contributed by atoms with Crippen molar-refractivity contribution in [3.63, 3.8) is 0 Å². The number of carboxylic acid groups (broad SMARTS) is 1. The number of hydrogen-bond donors (Lipinski definition) is 1. The summed E-state index contributed by atoms with van der Waals surface area (Å²) in [5.41, 5.74) is 3.86. The summed E-state index contributed by atoms with van der Waals surface area (Å²) in [7, 11) is 0. The van der Waals surface area contributed by atoms with Gasteiger partial charge in [-0.25, -0.2) is 4.79 Å². The highest BCUT2D eigenvalue weighted by Crippen LogP contribution is 2.31. The molecule has 5 rings (SSSR count). The minimum atomic E-state index is -1.01. The van der Waals surface area contributed by atoms with Gasteiger partial charge in [-0.2, -0.15) is 0 Å². The van der Waals surface area contributed by atoms with Crippen LogP contribution in [0.1, 0.15) is 44.7 Å². The highest BCUT2D eigenvalue weighted by molar-refractivity contribution is 6.13. The van der Waals surface area contributed by atoms with Crippen LogP contribution in [0.5, 0.6) is 0 Å². The Morgan fingerprint density at radius 3 is 2.23 bits per heavy atom. The smallest absolute Gasteiger partial charge is 0.335 e. The van der Waals surface area contributed by atoms with Gasteiger partial charge in [0.25, 0.3) is 0 Å². The van der Waals surface area contributed by atoms with Gasteiger partial charge in [0.05, 0.1) is 11.7 Å². The molecule has 5 nitrogen and oxygen atoms in total. The van der Waals surface area contributed by atoms with Crippen LogP contribution in [0.25, 0.3) is 21.9 Å². The standard InChI is InChI=1S/C25H20O5/c26-24(16-4-6-17(7-5-16)25(27)28)18-8-10-23-21(14-18)20-13-15(3-9-22(20)30-23)12-19-2-1-11-29-19/h3-10,13-14,19H,1-2,11-12H2,(H,27,28). The van der Waals surface area contributed by atoms with Crippen molar-refractivity contribution in [2.75, 3.05) is 6.61 Å². The van der Waals surface area contributed by atoms with Crippen molar-refractivity contribution in [3.05, 3.63) is 82.9 Å². The normalized spacial score (nSPS) is 16.3. The summed E-state index contributed by atoms with van der Waals surface area (Å²) < 4.78 is 11.7. The average Bonchev–Trinajstić information content (AvgIpc) is 3.40. The molecule has 4 aromatic rings. The third-order valence-corrected chi connectivity index (χ3v) is 5.68. The summed E-state index contributed by atoms with van der Waals surface area (Å²) in [4.78, 5) is 24.0. The monoisotopic (exact) mass is 400 g/mol. The van der Waals surface area contributed by atoms with Gasteiger partial charge in [0.1, 0.15) is 11.2 Å². The van der Waals surface area contributed by atoms with E-state index in [1.807, 2.05) is 18.2 Å². The maximum absolute atomic E-state index is 12.9. The second-order valence-corrected chi connectivity index (χ2v) is 7.69. The maximum Gasteiger partial charge on any atom is 0.335 e. The largest absolute Gasteiger partial charge is 0.478 e. The molecule has 0 saturated carbocycles. The molecule has 1 unspecified atom stereocenters. The molecule has 3 aromatic carbocycles. The van der Waals surface area contributed by atoms with Crippen molar-refractivity contribution < 1.29 is 23.8 Å². The number of ether oxygens (including phenoxy) is 1. The number of furan rings is 1. The molecule has 150 valence electrons. The first-order valence-corrected chi connectivity index (χ1v) is 10.0. The predicted octanol–water partition coefficient (Wildman–Crippen LogP) is 5.24. The summed E-state index contributed by atoms with van der Waals surface area (Å²) in [6.45, 7) is 0.834. The van der Waals surface area contributed by atoms with E-state index in [4.69, 9.17) is 14.3 Å². The zero-order valence-electron chi connectivity index (χ0n) is 16.3. The first-order chi connectivity index (χ1) is 14.6. The lowest BCUT2D eigenvalue weighted by Crippen LogP contribution is -2.08. The zero-order valence-corrected chi connectivity index (χ0v) is 16.3.